The monoisotopic (exact) mass is 448 g/mol. The molecule has 0 aliphatic carbocycles. The third-order valence-electron chi connectivity index (χ3n) is 6.94. The lowest BCUT2D eigenvalue weighted by Gasteiger charge is -2.14. The lowest BCUT2D eigenvalue weighted by molar-refractivity contribution is 0.564. The molecular formula is C33H20O2. The van der Waals surface area contributed by atoms with E-state index in [1.54, 1.807) is 0 Å². The van der Waals surface area contributed by atoms with Crippen LogP contribution in [-0.4, -0.2) is 0 Å². The first-order valence-electron chi connectivity index (χ1n) is 11.7. The van der Waals surface area contributed by atoms with E-state index in [0.717, 1.165) is 38.1 Å². The molecule has 164 valence electrons. The van der Waals surface area contributed by atoms with Crippen LogP contribution in [0, 0.1) is 0 Å². The Morgan fingerprint density at radius 1 is 0.400 bits per heavy atom. The van der Waals surface area contributed by atoms with Gasteiger partial charge in [-0.15, -0.1) is 0 Å². The maximum Gasteiger partial charge on any atom is 0.344 e. The molecule has 0 saturated carbocycles. The van der Waals surface area contributed by atoms with Crippen LogP contribution in [0.25, 0.3) is 65.5 Å². The summed E-state index contributed by atoms with van der Waals surface area (Å²) in [5.74, 6) is 0. The van der Waals surface area contributed by atoms with Crippen LogP contribution < -0.4 is 5.63 Å². The topological polar surface area (TPSA) is 30.2 Å². The highest BCUT2D eigenvalue weighted by atomic mass is 16.4. The minimum atomic E-state index is -0.323. The summed E-state index contributed by atoms with van der Waals surface area (Å²) < 4.78 is 5.82. The van der Waals surface area contributed by atoms with E-state index in [9.17, 15) is 4.79 Å². The first-order valence-corrected chi connectivity index (χ1v) is 11.7. The van der Waals surface area contributed by atoms with E-state index in [0.29, 0.717) is 11.1 Å². The summed E-state index contributed by atoms with van der Waals surface area (Å²) >= 11 is 0. The molecule has 7 aromatic rings. The average molecular weight is 449 g/mol. The third kappa shape index (κ3) is 3.08. The molecule has 0 aliphatic heterocycles. The molecular weight excluding hydrogens is 428 g/mol. The van der Waals surface area contributed by atoms with Crippen molar-refractivity contribution in [3.63, 3.8) is 0 Å². The first-order chi connectivity index (χ1) is 17.3. The zero-order valence-corrected chi connectivity index (χ0v) is 18.9. The molecule has 1 aromatic heterocycles. The van der Waals surface area contributed by atoms with Crippen LogP contribution in [0.3, 0.4) is 0 Å². The van der Waals surface area contributed by atoms with E-state index in [4.69, 9.17) is 4.42 Å². The molecule has 7 rings (SSSR count). The van der Waals surface area contributed by atoms with Gasteiger partial charge in [-0.05, 0) is 61.1 Å². The molecule has 0 aliphatic rings. The highest BCUT2D eigenvalue weighted by molar-refractivity contribution is 6.11. The van der Waals surface area contributed by atoms with E-state index in [2.05, 4.69) is 84.9 Å². The van der Waals surface area contributed by atoms with Crippen LogP contribution in [0.1, 0.15) is 0 Å². The van der Waals surface area contributed by atoms with Crippen molar-refractivity contribution in [1.82, 2.24) is 0 Å². The summed E-state index contributed by atoms with van der Waals surface area (Å²) in [7, 11) is 0. The van der Waals surface area contributed by atoms with Crippen molar-refractivity contribution in [2.24, 2.45) is 0 Å². The molecule has 0 saturated heterocycles. The average Bonchev–Trinajstić information content (AvgIpc) is 2.92. The van der Waals surface area contributed by atoms with Crippen LogP contribution in [0.2, 0.25) is 0 Å². The van der Waals surface area contributed by atoms with Gasteiger partial charge in [0.2, 0.25) is 0 Å². The number of benzene rings is 6. The standard InChI is InChI=1S/C33H20O2/c34-33-31(20-30-24-12-4-2-9-22(24)16-19-32(30)35-33)29-18-17-28(26-13-5-6-14-27(26)29)25-15-7-10-21-8-1-3-11-23(21)25/h1-20H. The number of rotatable bonds is 2. The Hall–Kier alpha value is -4.69. The molecule has 6 aromatic carbocycles. The Kier molecular flexibility index (Phi) is 4.33. The normalized spacial score (nSPS) is 11.5. The van der Waals surface area contributed by atoms with Crippen molar-refractivity contribution in [2.45, 2.75) is 0 Å². The van der Waals surface area contributed by atoms with E-state index < -0.39 is 0 Å². The van der Waals surface area contributed by atoms with Gasteiger partial charge in [0.25, 0.3) is 0 Å². The second-order valence-electron chi connectivity index (χ2n) is 8.88. The molecule has 35 heavy (non-hydrogen) atoms. The maximum absolute atomic E-state index is 13.2. The number of fused-ring (bicyclic) bond motifs is 5. The van der Waals surface area contributed by atoms with Gasteiger partial charge in [-0.3, -0.25) is 0 Å². The third-order valence-corrected chi connectivity index (χ3v) is 6.94. The van der Waals surface area contributed by atoms with E-state index in [-0.39, 0.29) is 5.63 Å². The van der Waals surface area contributed by atoms with Gasteiger partial charge in [0.1, 0.15) is 5.58 Å². The Morgan fingerprint density at radius 3 is 1.69 bits per heavy atom. The van der Waals surface area contributed by atoms with Gasteiger partial charge in [0.15, 0.2) is 0 Å². The molecule has 2 nitrogen and oxygen atoms in total. The SMILES string of the molecule is O=c1oc2ccc3ccccc3c2cc1-c1ccc(-c2cccc3ccccc23)c2ccccc12. The van der Waals surface area contributed by atoms with Crippen molar-refractivity contribution in [2.75, 3.05) is 0 Å². The second-order valence-corrected chi connectivity index (χ2v) is 8.88. The molecule has 0 amide bonds. The van der Waals surface area contributed by atoms with Crippen molar-refractivity contribution < 1.29 is 4.42 Å². The summed E-state index contributed by atoms with van der Waals surface area (Å²) in [4.78, 5) is 13.2. The Bertz CT molecular complexity index is 1970. The fourth-order valence-corrected chi connectivity index (χ4v) is 5.29. The van der Waals surface area contributed by atoms with Crippen LogP contribution >= 0.6 is 0 Å². The minimum absolute atomic E-state index is 0.323. The molecule has 2 heteroatoms. The van der Waals surface area contributed by atoms with E-state index in [1.807, 2.05) is 36.4 Å². The van der Waals surface area contributed by atoms with Gasteiger partial charge >= 0.3 is 5.63 Å². The summed E-state index contributed by atoms with van der Waals surface area (Å²) in [6.07, 6.45) is 0. The van der Waals surface area contributed by atoms with Gasteiger partial charge < -0.3 is 4.42 Å². The molecule has 0 N–H and O–H groups in total. The predicted molar refractivity (Wildman–Crippen MR) is 146 cm³/mol. The largest absolute Gasteiger partial charge is 0.422 e. The number of hydrogen-bond donors (Lipinski definition) is 0. The lowest BCUT2D eigenvalue weighted by Crippen LogP contribution is -2.03. The van der Waals surface area contributed by atoms with Crippen LogP contribution in [0.4, 0.5) is 0 Å². The smallest absolute Gasteiger partial charge is 0.344 e. The van der Waals surface area contributed by atoms with Crippen molar-refractivity contribution >= 4 is 43.3 Å². The fraction of sp³-hybridized carbons (Fsp3) is 0. The van der Waals surface area contributed by atoms with Gasteiger partial charge in [-0.1, -0.05) is 109 Å². The second kappa shape index (κ2) is 7.68. The molecule has 1 heterocycles. The lowest BCUT2D eigenvalue weighted by atomic mass is 9.90. The zero-order chi connectivity index (χ0) is 23.4. The summed E-state index contributed by atoms with van der Waals surface area (Å²) in [5, 5.41) is 7.70. The zero-order valence-electron chi connectivity index (χ0n) is 18.9. The van der Waals surface area contributed by atoms with Crippen LogP contribution in [0.5, 0.6) is 0 Å². The molecule has 0 bridgehead atoms. The molecule has 0 unspecified atom stereocenters. The summed E-state index contributed by atoms with van der Waals surface area (Å²) in [6.45, 7) is 0. The Balaban J connectivity index is 1.53. The number of hydrogen-bond acceptors (Lipinski definition) is 2. The van der Waals surface area contributed by atoms with Crippen molar-refractivity contribution in [1.29, 1.82) is 0 Å². The van der Waals surface area contributed by atoms with Gasteiger partial charge in [-0.25, -0.2) is 4.79 Å². The van der Waals surface area contributed by atoms with Crippen molar-refractivity contribution in [3.8, 4) is 22.3 Å². The van der Waals surface area contributed by atoms with Crippen LogP contribution in [-0.2, 0) is 0 Å². The molecule has 0 fully saturated rings. The van der Waals surface area contributed by atoms with Gasteiger partial charge in [-0.2, -0.15) is 0 Å². The van der Waals surface area contributed by atoms with Gasteiger partial charge in [0, 0.05) is 5.39 Å². The highest BCUT2D eigenvalue weighted by Gasteiger charge is 2.15. The fourth-order valence-electron chi connectivity index (χ4n) is 5.29. The van der Waals surface area contributed by atoms with Crippen LogP contribution in [0.15, 0.2) is 131 Å². The molecule has 0 radical (unpaired) electrons. The first kappa shape index (κ1) is 19.7. The van der Waals surface area contributed by atoms with Gasteiger partial charge in [0.05, 0.1) is 5.56 Å². The van der Waals surface area contributed by atoms with E-state index >= 15 is 0 Å². The molecule has 0 atom stereocenters. The quantitative estimate of drug-likeness (QED) is 0.196. The maximum atomic E-state index is 13.2. The Morgan fingerprint density at radius 2 is 0.943 bits per heavy atom. The Labute approximate surface area is 201 Å². The summed E-state index contributed by atoms with van der Waals surface area (Å²) in [5.41, 5.74) is 4.08. The highest BCUT2D eigenvalue weighted by Crippen LogP contribution is 2.38. The predicted octanol–water partition coefficient (Wildman–Crippen LogP) is 8.59. The van der Waals surface area contributed by atoms with E-state index in [1.165, 1.54) is 16.3 Å². The van der Waals surface area contributed by atoms with Crippen molar-refractivity contribution in [3.05, 3.63) is 132 Å². The summed E-state index contributed by atoms with van der Waals surface area (Å²) in [6, 6.07) is 41.4. The minimum Gasteiger partial charge on any atom is -0.422 e. The molecule has 0 spiro atoms.